The second kappa shape index (κ2) is 7.97. The first-order valence-electron chi connectivity index (χ1n) is 9.21. The standard InChI is InChI=1S/C23H20ClN3O2/c1-15(16-11-13-17(29-2)14-12-16)26-27-22(18-7-3-5-9-20(18)24)25-21-10-6-4-8-19(21)23(27)28/h3-14,22,25H,1-2H3/b26-15-/t22-/m0/s1. The van der Waals surface area contributed by atoms with Crippen LogP contribution in [0.2, 0.25) is 5.02 Å². The molecule has 0 fully saturated rings. The van der Waals surface area contributed by atoms with E-state index in [0.717, 1.165) is 22.6 Å². The van der Waals surface area contributed by atoms with Crippen molar-refractivity contribution in [1.29, 1.82) is 0 Å². The monoisotopic (exact) mass is 405 g/mol. The fourth-order valence-corrected chi connectivity index (χ4v) is 3.54. The van der Waals surface area contributed by atoms with Gasteiger partial charge < -0.3 is 10.1 Å². The molecular formula is C23H20ClN3O2. The van der Waals surface area contributed by atoms with E-state index in [0.29, 0.717) is 16.3 Å². The molecule has 5 nitrogen and oxygen atoms in total. The predicted octanol–water partition coefficient (Wildman–Crippen LogP) is 5.34. The molecule has 1 aliphatic rings. The highest BCUT2D eigenvalue weighted by molar-refractivity contribution is 6.31. The minimum Gasteiger partial charge on any atom is -0.497 e. The molecule has 0 spiro atoms. The van der Waals surface area contributed by atoms with Gasteiger partial charge in [-0.3, -0.25) is 4.79 Å². The number of rotatable bonds is 4. The number of nitrogens with zero attached hydrogens (tertiary/aromatic N) is 2. The highest BCUT2D eigenvalue weighted by atomic mass is 35.5. The van der Waals surface area contributed by atoms with Gasteiger partial charge in [0.05, 0.1) is 18.4 Å². The molecule has 1 aliphatic heterocycles. The van der Waals surface area contributed by atoms with Gasteiger partial charge in [0.2, 0.25) is 0 Å². The molecule has 1 N–H and O–H groups in total. The van der Waals surface area contributed by atoms with Crippen LogP contribution in [-0.2, 0) is 0 Å². The number of halogens is 1. The topological polar surface area (TPSA) is 53.9 Å². The summed E-state index contributed by atoms with van der Waals surface area (Å²) in [5.74, 6) is 0.581. The Morgan fingerprint density at radius 1 is 1.03 bits per heavy atom. The van der Waals surface area contributed by atoms with Gasteiger partial charge in [-0.1, -0.05) is 41.9 Å². The van der Waals surface area contributed by atoms with E-state index in [4.69, 9.17) is 16.3 Å². The number of carbonyl (C=O) groups excluding carboxylic acids is 1. The maximum Gasteiger partial charge on any atom is 0.278 e. The lowest BCUT2D eigenvalue weighted by Gasteiger charge is -2.35. The first-order chi connectivity index (χ1) is 14.1. The summed E-state index contributed by atoms with van der Waals surface area (Å²) in [7, 11) is 1.62. The minimum atomic E-state index is -0.515. The van der Waals surface area contributed by atoms with Crippen LogP contribution in [0.5, 0.6) is 5.75 Å². The van der Waals surface area contributed by atoms with Gasteiger partial charge in [0.1, 0.15) is 5.75 Å². The normalized spacial score (nSPS) is 16.2. The quantitative estimate of drug-likeness (QED) is 0.596. The van der Waals surface area contributed by atoms with E-state index >= 15 is 0 Å². The van der Waals surface area contributed by atoms with Crippen molar-refractivity contribution in [3.05, 3.63) is 94.5 Å². The summed E-state index contributed by atoms with van der Waals surface area (Å²) in [6.07, 6.45) is -0.515. The van der Waals surface area contributed by atoms with Crippen molar-refractivity contribution >= 4 is 28.9 Å². The van der Waals surface area contributed by atoms with Gasteiger partial charge in [-0.15, -0.1) is 0 Å². The Morgan fingerprint density at radius 3 is 2.45 bits per heavy atom. The van der Waals surface area contributed by atoms with E-state index in [9.17, 15) is 4.79 Å². The average molecular weight is 406 g/mol. The number of anilines is 1. The number of para-hydroxylation sites is 1. The Bertz CT molecular complexity index is 1080. The molecule has 29 heavy (non-hydrogen) atoms. The molecule has 0 aromatic heterocycles. The summed E-state index contributed by atoms with van der Waals surface area (Å²) in [5, 5.41) is 10.1. The van der Waals surface area contributed by atoms with Crippen LogP contribution >= 0.6 is 11.6 Å². The number of fused-ring (bicyclic) bond motifs is 1. The van der Waals surface area contributed by atoms with E-state index in [1.807, 2.05) is 73.7 Å². The lowest BCUT2D eigenvalue weighted by Crippen LogP contribution is -2.40. The van der Waals surface area contributed by atoms with Crippen molar-refractivity contribution < 1.29 is 9.53 Å². The van der Waals surface area contributed by atoms with E-state index in [1.54, 1.807) is 13.2 Å². The molecular weight excluding hydrogens is 386 g/mol. The van der Waals surface area contributed by atoms with Crippen molar-refractivity contribution in [3.63, 3.8) is 0 Å². The minimum absolute atomic E-state index is 0.183. The molecule has 1 atom stereocenters. The van der Waals surface area contributed by atoms with Crippen molar-refractivity contribution in [1.82, 2.24) is 5.01 Å². The highest BCUT2D eigenvalue weighted by Gasteiger charge is 2.34. The molecule has 0 saturated heterocycles. The third kappa shape index (κ3) is 3.69. The summed E-state index contributed by atoms with van der Waals surface area (Å²) in [5.41, 5.74) is 3.72. The number of nitrogens with one attached hydrogen (secondary N) is 1. The van der Waals surface area contributed by atoms with Crippen molar-refractivity contribution in [2.24, 2.45) is 5.10 Å². The Kier molecular flexibility index (Phi) is 5.23. The summed E-state index contributed by atoms with van der Waals surface area (Å²) < 4.78 is 5.21. The average Bonchev–Trinajstić information content (AvgIpc) is 2.76. The fraction of sp³-hybridized carbons (Fsp3) is 0.130. The van der Waals surface area contributed by atoms with E-state index in [-0.39, 0.29) is 5.91 Å². The number of methoxy groups -OCH3 is 1. The zero-order chi connectivity index (χ0) is 20.4. The van der Waals surface area contributed by atoms with Crippen molar-refractivity contribution in [2.75, 3.05) is 12.4 Å². The van der Waals surface area contributed by atoms with Gasteiger partial charge in [-0.2, -0.15) is 5.10 Å². The largest absolute Gasteiger partial charge is 0.497 e. The Hall–Kier alpha value is -3.31. The van der Waals surface area contributed by atoms with E-state index in [2.05, 4.69) is 10.4 Å². The molecule has 0 saturated carbocycles. The number of ether oxygens (including phenoxy) is 1. The zero-order valence-electron chi connectivity index (χ0n) is 16.1. The van der Waals surface area contributed by atoms with E-state index in [1.165, 1.54) is 5.01 Å². The molecule has 0 bridgehead atoms. The van der Waals surface area contributed by atoms with Gasteiger partial charge in [0.25, 0.3) is 5.91 Å². The summed E-state index contributed by atoms with van der Waals surface area (Å²) in [6, 6.07) is 22.4. The van der Waals surface area contributed by atoms with Crippen LogP contribution in [0.4, 0.5) is 5.69 Å². The zero-order valence-corrected chi connectivity index (χ0v) is 16.9. The van der Waals surface area contributed by atoms with Gasteiger partial charge in [-0.25, -0.2) is 5.01 Å². The van der Waals surface area contributed by atoms with Crippen LogP contribution < -0.4 is 10.1 Å². The molecule has 0 unspecified atom stereocenters. The number of hydrogen-bond donors (Lipinski definition) is 1. The number of amides is 1. The van der Waals surface area contributed by atoms with Gasteiger partial charge >= 0.3 is 0 Å². The summed E-state index contributed by atoms with van der Waals surface area (Å²) in [6.45, 7) is 1.87. The molecule has 3 aromatic rings. The Balaban J connectivity index is 1.78. The lowest BCUT2D eigenvalue weighted by molar-refractivity contribution is 0.0690. The van der Waals surface area contributed by atoms with Crippen LogP contribution in [0.1, 0.15) is 34.6 Å². The second-order valence-corrected chi connectivity index (χ2v) is 7.08. The van der Waals surface area contributed by atoms with Crippen molar-refractivity contribution in [3.8, 4) is 5.75 Å². The molecule has 1 heterocycles. The second-order valence-electron chi connectivity index (χ2n) is 6.68. The number of hydrazone groups is 1. The van der Waals surface area contributed by atoms with Crippen LogP contribution in [0.25, 0.3) is 0 Å². The first kappa shape index (κ1) is 19.0. The molecule has 3 aromatic carbocycles. The fourth-order valence-electron chi connectivity index (χ4n) is 3.31. The van der Waals surface area contributed by atoms with Crippen LogP contribution in [0, 0.1) is 0 Å². The van der Waals surface area contributed by atoms with Gasteiger partial charge in [0.15, 0.2) is 6.17 Å². The Labute approximate surface area is 174 Å². The van der Waals surface area contributed by atoms with Crippen molar-refractivity contribution in [2.45, 2.75) is 13.1 Å². The summed E-state index contributed by atoms with van der Waals surface area (Å²) >= 11 is 6.44. The first-order valence-corrected chi connectivity index (χ1v) is 9.59. The number of carbonyl (C=O) groups is 1. The number of hydrogen-bond acceptors (Lipinski definition) is 4. The molecule has 146 valence electrons. The lowest BCUT2D eigenvalue weighted by atomic mass is 10.0. The SMILES string of the molecule is COc1ccc(/C(C)=N\N2C(=O)c3ccccc3N[C@@H]2c2ccccc2Cl)cc1. The maximum atomic E-state index is 13.3. The molecule has 4 rings (SSSR count). The third-order valence-electron chi connectivity index (χ3n) is 4.87. The summed E-state index contributed by atoms with van der Waals surface area (Å²) in [4.78, 5) is 13.3. The highest BCUT2D eigenvalue weighted by Crippen LogP contribution is 2.36. The van der Waals surface area contributed by atoms with Gasteiger partial charge in [0, 0.05) is 16.3 Å². The smallest absolute Gasteiger partial charge is 0.278 e. The maximum absolute atomic E-state index is 13.3. The van der Waals surface area contributed by atoms with Crippen LogP contribution in [0.15, 0.2) is 77.9 Å². The van der Waals surface area contributed by atoms with Crippen LogP contribution in [-0.4, -0.2) is 23.7 Å². The van der Waals surface area contributed by atoms with E-state index < -0.39 is 6.17 Å². The van der Waals surface area contributed by atoms with Crippen LogP contribution in [0.3, 0.4) is 0 Å². The van der Waals surface area contributed by atoms with Gasteiger partial charge in [-0.05, 0) is 55.0 Å². The molecule has 0 radical (unpaired) electrons. The molecule has 0 aliphatic carbocycles. The third-order valence-corrected chi connectivity index (χ3v) is 5.21. The Morgan fingerprint density at radius 2 is 1.72 bits per heavy atom. The molecule has 6 heteroatoms. The predicted molar refractivity (Wildman–Crippen MR) is 116 cm³/mol. The number of benzene rings is 3. The molecule has 1 amide bonds.